The van der Waals surface area contributed by atoms with E-state index in [0.29, 0.717) is 0 Å². The Kier molecular flexibility index (Phi) is 1.62. The van der Waals surface area contributed by atoms with Gasteiger partial charge in [0.1, 0.15) is 0 Å². The van der Waals surface area contributed by atoms with Crippen molar-refractivity contribution in [2.24, 2.45) is 0 Å². The molecule has 0 saturated carbocycles. The second-order valence-corrected chi connectivity index (χ2v) is 3.95. The molecule has 0 saturated heterocycles. The Morgan fingerprint density at radius 1 is 1.40 bits per heavy atom. The molecular weight excluding hydrogens is 210 g/mol. The molecule has 52 valence electrons. The summed E-state index contributed by atoms with van der Waals surface area (Å²) in [5.74, 6) is 1.01. The van der Waals surface area contributed by atoms with Crippen LogP contribution in [0.2, 0.25) is 0 Å². The van der Waals surface area contributed by atoms with Gasteiger partial charge in [-0.05, 0) is 12.1 Å². The summed E-state index contributed by atoms with van der Waals surface area (Å²) in [4.78, 5) is 1.36. The zero-order chi connectivity index (χ0) is 6.97. The summed E-state index contributed by atoms with van der Waals surface area (Å²) in [5.41, 5.74) is 1.28. The van der Waals surface area contributed by atoms with Gasteiger partial charge >= 0.3 is 0 Å². The monoisotopic (exact) mass is 215 g/mol. The van der Waals surface area contributed by atoms with Crippen molar-refractivity contribution in [3.05, 3.63) is 24.3 Å². The Hall–Kier alpha value is -0.150. The quantitative estimate of drug-likeness (QED) is 0.613. The minimum absolute atomic E-state index is 1.01. The topological polar surface area (TPSA) is 3.24 Å². The summed E-state index contributed by atoms with van der Waals surface area (Å²) in [7, 11) is 0. The molecule has 0 fully saturated rings. The van der Waals surface area contributed by atoms with Crippen LogP contribution in [-0.4, -0.2) is 5.88 Å². The van der Waals surface area contributed by atoms with Crippen molar-refractivity contribution in [2.75, 3.05) is 9.80 Å². The molecule has 0 spiro atoms. The summed E-state index contributed by atoms with van der Waals surface area (Å²) < 4.78 is 2.08. The summed E-state index contributed by atoms with van der Waals surface area (Å²) in [5, 5.41) is 0. The van der Waals surface area contributed by atoms with Crippen LogP contribution in [0, 0.1) is 0 Å². The van der Waals surface area contributed by atoms with E-state index in [1.165, 1.54) is 10.6 Å². The van der Waals surface area contributed by atoms with E-state index >= 15 is 0 Å². The molecule has 1 nitrogen and oxygen atoms in total. The van der Waals surface area contributed by atoms with Crippen LogP contribution in [-0.2, 0) is 0 Å². The van der Waals surface area contributed by atoms with Gasteiger partial charge in [0.2, 0.25) is 0 Å². The average molecular weight is 216 g/mol. The van der Waals surface area contributed by atoms with Gasteiger partial charge < -0.3 is 0 Å². The zero-order valence-electron chi connectivity index (χ0n) is 5.25. The van der Waals surface area contributed by atoms with E-state index in [-0.39, 0.29) is 0 Å². The number of hydrogen-bond acceptors (Lipinski definition) is 2. The second kappa shape index (κ2) is 2.47. The first-order valence-electron chi connectivity index (χ1n) is 3.03. The Labute approximate surface area is 72.8 Å². The lowest BCUT2D eigenvalue weighted by Crippen LogP contribution is -2.00. The first-order chi connectivity index (χ1) is 4.88. The van der Waals surface area contributed by atoms with Crippen molar-refractivity contribution < 1.29 is 0 Å². The van der Waals surface area contributed by atoms with Crippen molar-refractivity contribution in [3.63, 3.8) is 0 Å². The van der Waals surface area contributed by atoms with Crippen LogP contribution in [0.5, 0.6) is 0 Å². The van der Waals surface area contributed by atoms with Crippen molar-refractivity contribution in [3.8, 4) is 0 Å². The Morgan fingerprint density at radius 3 is 3.00 bits per heavy atom. The maximum atomic E-state index is 3.45. The number of thioether (sulfide) groups is 1. The lowest BCUT2D eigenvalue weighted by molar-refractivity contribution is 1.33. The van der Waals surface area contributed by atoms with Crippen LogP contribution >= 0.6 is 27.9 Å². The van der Waals surface area contributed by atoms with Crippen LogP contribution in [0.4, 0.5) is 5.69 Å². The van der Waals surface area contributed by atoms with Crippen LogP contribution in [0.1, 0.15) is 0 Å². The number of halogens is 1. The van der Waals surface area contributed by atoms with Crippen molar-refractivity contribution in [1.82, 2.24) is 0 Å². The molecule has 3 heteroatoms. The molecule has 1 aromatic rings. The van der Waals surface area contributed by atoms with E-state index in [2.05, 4.69) is 44.3 Å². The van der Waals surface area contributed by atoms with Gasteiger partial charge in [0.25, 0.3) is 0 Å². The number of para-hydroxylation sites is 1. The summed E-state index contributed by atoms with van der Waals surface area (Å²) in [6.07, 6.45) is 0. The van der Waals surface area contributed by atoms with Gasteiger partial charge in [-0.3, -0.25) is 3.93 Å². The normalized spacial score (nSPS) is 15.5. The molecule has 0 N–H and O–H groups in total. The van der Waals surface area contributed by atoms with Crippen molar-refractivity contribution in [2.45, 2.75) is 4.90 Å². The average Bonchev–Trinajstić information content (AvgIpc) is 2.34. The zero-order valence-corrected chi connectivity index (χ0v) is 7.65. The van der Waals surface area contributed by atoms with Gasteiger partial charge in [-0.15, -0.1) is 11.8 Å². The molecule has 1 aliphatic rings. The molecule has 1 aromatic carbocycles. The lowest BCUT2D eigenvalue weighted by Gasteiger charge is -2.05. The van der Waals surface area contributed by atoms with Crippen LogP contribution in [0.15, 0.2) is 29.2 Å². The molecular formula is C7H6BrNS. The smallest absolute Gasteiger partial charge is 0.0798 e. The molecule has 0 unspecified atom stereocenters. The highest BCUT2D eigenvalue weighted by atomic mass is 79.9. The van der Waals surface area contributed by atoms with Gasteiger partial charge in [0.05, 0.1) is 27.7 Å². The van der Waals surface area contributed by atoms with Gasteiger partial charge in [-0.2, -0.15) is 0 Å². The number of hydrogen-bond donors (Lipinski definition) is 0. The van der Waals surface area contributed by atoms with Crippen molar-refractivity contribution in [1.29, 1.82) is 0 Å². The first-order valence-corrected chi connectivity index (χ1v) is 4.72. The van der Waals surface area contributed by atoms with Gasteiger partial charge in [-0.1, -0.05) is 12.1 Å². The molecule has 0 atom stereocenters. The second-order valence-electron chi connectivity index (χ2n) is 2.10. The molecule has 0 aliphatic carbocycles. The summed E-state index contributed by atoms with van der Waals surface area (Å²) >= 11 is 5.30. The fourth-order valence-electron chi connectivity index (χ4n) is 0.975. The largest absolute Gasteiger partial charge is 0.297 e. The van der Waals surface area contributed by atoms with Crippen LogP contribution in [0.25, 0.3) is 0 Å². The Morgan fingerprint density at radius 2 is 2.20 bits per heavy atom. The predicted octanol–water partition coefficient (Wildman–Crippen LogP) is 2.87. The van der Waals surface area contributed by atoms with E-state index in [4.69, 9.17) is 0 Å². The summed E-state index contributed by atoms with van der Waals surface area (Å²) in [6.45, 7) is 0. The Bertz CT molecular complexity index is 251. The highest BCUT2D eigenvalue weighted by Crippen LogP contribution is 2.39. The van der Waals surface area contributed by atoms with E-state index in [1.807, 2.05) is 11.8 Å². The minimum Gasteiger partial charge on any atom is -0.297 e. The van der Waals surface area contributed by atoms with Crippen LogP contribution in [0.3, 0.4) is 0 Å². The highest BCUT2D eigenvalue weighted by Gasteiger charge is 2.15. The fraction of sp³-hybridized carbons (Fsp3) is 0.143. The fourth-order valence-corrected chi connectivity index (χ4v) is 2.60. The number of nitrogens with zero attached hydrogens (tertiary/aromatic N) is 1. The predicted molar refractivity (Wildman–Crippen MR) is 48.6 cm³/mol. The SMILES string of the molecule is BrN1CSc2ccccc21. The maximum Gasteiger partial charge on any atom is 0.0798 e. The van der Waals surface area contributed by atoms with E-state index in [1.54, 1.807) is 0 Å². The third-order valence-electron chi connectivity index (χ3n) is 1.46. The third-order valence-corrected chi connectivity index (χ3v) is 3.47. The highest BCUT2D eigenvalue weighted by molar-refractivity contribution is 9.10. The van der Waals surface area contributed by atoms with Gasteiger partial charge in [0, 0.05) is 4.90 Å². The third kappa shape index (κ3) is 0.935. The molecule has 10 heavy (non-hydrogen) atoms. The van der Waals surface area contributed by atoms with E-state index < -0.39 is 0 Å². The van der Waals surface area contributed by atoms with E-state index in [0.717, 1.165) is 5.88 Å². The minimum atomic E-state index is 1.01. The van der Waals surface area contributed by atoms with Crippen LogP contribution < -0.4 is 3.93 Å². The Balaban J connectivity index is 2.51. The molecule has 0 radical (unpaired) electrons. The maximum absolute atomic E-state index is 3.45. The summed E-state index contributed by atoms with van der Waals surface area (Å²) in [6, 6.07) is 8.38. The number of benzene rings is 1. The standard InChI is InChI=1S/C7H6BrNS/c8-9-5-10-7-4-2-1-3-6(7)9/h1-4H,5H2. The molecule has 0 aromatic heterocycles. The molecule has 1 aliphatic heterocycles. The van der Waals surface area contributed by atoms with Gasteiger partial charge in [0.15, 0.2) is 0 Å². The lowest BCUT2D eigenvalue weighted by atomic mass is 10.3. The number of fused-ring (bicyclic) bond motifs is 1. The molecule has 0 amide bonds. The van der Waals surface area contributed by atoms with Crippen molar-refractivity contribution >= 4 is 33.6 Å². The van der Waals surface area contributed by atoms with Gasteiger partial charge in [-0.25, -0.2) is 0 Å². The first kappa shape index (κ1) is 6.55. The molecule has 1 heterocycles. The number of anilines is 1. The number of rotatable bonds is 0. The molecule has 2 rings (SSSR count). The molecule has 0 bridgehead atoms. The van der Waals surface area contributed by atoms with E-state index in [9.17, 15) is 0 Å².